The zero-order valence-corrected chi connectivity index (χ0v) is 10.0. The van der Waals surface area contributed by atoms with Crippen molar-refractivity contribution >= 4 is 0 Å². The Labute approximate surface area is 98.0 Å². The Kier molecular flexibility index (Phi) is 5.75. The molecule has 2 N–H and O–H groups in total. The van der Waals surface area contributed by atoms with Crippen molar-refractivity contribution in [1.29, 1.82) is 0 Å². The molecule has 88 valence electrons. The van der Waals surface area contributed by atoms with Crippen LogP contribution in [-0.2, 0) is 13.1 Å². The van der Waals surface area contributed by atoms with Crippen LogP contribution in [0.3, 0.4) is 0 Å². The molecule has 0 aromatic carbocycles. The van der Waals surface area contributed by atoms with Gasteiger partial charge in [-0.15, -0.1) is 6.58 Å². The monoisotopic (exact) mass is 219 g/mol. The molecule has 1 aromatic heterocycles. The zero-order chi connectivity index (χ0) is 11.8. The quantitative estimate of drug-likeness (QED) is 0.713. The van der Waals surface area contributed by atoms with Gasteiger partial charge in [-0.2, -0.15) is 0 Å². The molecule has 1 rings (SSSR count). The number of nitrogens with two attached hydrogens (primary N) is 1. The van der Waals surface area contributed by atoms with E-state index in [1.165, 1.54) is 0 Å². The largest absolute Gasteiger partial charge is 0.325 e. The molecule has 16 heavy (non-hydrogen) atoms. The van der Waals surface area contributed by atoms with Crippen LogP contribution in [0.1, 0.15) is 24.7 Å². The molecule has 0 saturated carbocycles. The fourth-order valence-electron chi connectivity index (χ4n) is 1.69. The summed E-state index contributed by atoms with van der Waals surface area (Å²) in [4.78, 5) is 6.82. The first-order chi connectivity index (χ1) is 7.80. The highest BCUT2D eigenvalue weighted by Gasteiger charge is 2.04. The summed E-state index contributed by atoms with van der Waals surface area (Å²) in [6.45, 7) is 9.30. The molecule has 0 aliphatic carbocycles. The van der Waals surface area contributed by atoms with Crippen molar-refractivity contribution in [2.24, 2.45) is 5.73 Å². The van der Waals surface area contributed by atoms with Crippen molar-refractivity contribution in [2.75, 3.05) is 13.1 Å². The third kappa shape index (κ3) is 4.13. The first-order valence-corrected chi connectivity index (χ1v) is 5.78. The second kappa shape index (κ2) is 7.14. The van der Waals surface area contributed by atoms with E-state index in [0.29, 0.717) is 6.54 Å². The molecular formula is C13H21N3. The summed E-state index contributed by atoms with van der Waals surface area (Å²) in [6.07, 6.45) is 3.08. The molecule has 0 saturated heterocycles. The summed E-state index contributed by atoms with van der Waals surface area (Å²) < 4.78 is 0. The van der Waals surface area contributed by atoms with Crippen molar-refractivity contribution < 1.29 is 0 Å². The molecule has 3 heteroatoms. The van der Waals surface area contributed by atoms with Crippen LogP contribution in [0.5, 0.6) is 0 Å². The maximum absolute atomic E-state index is 5.57. The van der Waals surface area contributed by atoms with E-state index in [0.717, 1.165) is 37.4 Å². The molecule has 0 atom stereocenters. The van der Waals surface area contributed by atoms with Gasteiger partial charge in [-0.1, -0.05) is 19.1 Å². The lowest BCUT2D eigenvalue weighted by Gasteiger charge is -2.19. The Balaban J connectivity index is 2.64. The van der Waals surface area contributed by atoms with Crippen LogP contribution >= 0.6 is 0 Å². The van der Waals surface area contributed by atoms with Crippen LogP contribution in [0.2, 0.25) is 0 Å². The van der Waals surface area contributed by atoms with E-state index in [9.17, 15) is 0 Å². The molecule has 0 aliphatic rings. The average Bonchev–Trinajstić information content (AvgIpc) is 2.30. The second-order valence-electron chi connectivity index (χ2n) is 3.85. The fourth-order valence-corrected chi connectivity index (χ4v) is 1.69. The number of hydrogen-bond donors (Lipinski definition) is 1. The van der Waals surface area contributed by atoms with Gasteiger partial charge in [0.25, 0.3) is 0 Å². The molecule has 1 aromatic rings. The third-order valence-electron chi connectivity index (χ3n) is 2.39. The van der Waals surface area contributed by atoms with E-state index >= 15 is 0 Å². The van der Waals surface area contributed by atoms with E-state index in [-0.39, 0.29) is 0 Å². The Morgan fingerprint density at radius 2 is 2.19 bits per heavy atom. The molecule has 0 spiro atoms. The van der Waals surface area contributed by atoms with Gasteiger partial charge in [0.1, 0.15) is 0 Å². The summed E-state index contributed by atoms with van der Waals surface area (Å²) in [5.74, 6) is 0. The van der Waals surface area contributed by atoms with Gasteiger partial charge in [-0.3, -0.25) is 9.88 Å². The lowest BCUT2D eigenvalue weighted by molar-refractivity contribution is 0.291. The van der Waals surface area contributed by atoms with Gasteiger partial charge in [0.15, 0.2) is 0 Å². The van der Waals surface area contributed by atoms with Crippen molar-refractivity contribution in [3.63, 3.8) is 0 Å². The van der Waals surface area contributed by atoms with Gasteiger partial charge >= 0.3 is 0 Å². The summed E-state index contributed by atoms with van der Waals surface area (Å²) in [5.41, 5.74) is 7.61. The van der Waals surface area contributed by atoms with Crippen molar-refractivity contribution in [3.05, 3.63) is 42.2 Å². The molecule has 1 heterocycles. The van der Waals surface area contributed by atoms with Gasteiger partial charge in [0.05, 0.1) is 11.4 Å². The minimum atomic E-state index is 0.503. The first-order valence-electron chi connectivity index (χ1n) is 5.78. The molecule has 0 amide bonds. The van der Waals surface area contributed by atoms with Gasteiger partial charge in [0.2, 0.25) is 0 Å². The predicted molar refractivity (Wildman–Crippen MR) is 67.9 cm³/mol. The van der Waals surface area contributed by atoms with Crippen LogP contribution < -0.4 is 5.73 Å². The summed E-state index contributed by atoms with van der Waals surface area (Å²) in [5, 5.41) is 0. The van der Waals surface area contributed by atoms with Crippen LogP contribution in [0.25, 0.3) is 0 Å². The third-order valence-corrected chi connectivity index (χ3v) is 2.39. The average molecular weight is 219 g/mol. The van der Waals surface area contributed by atoms with Gasteiger partial charge < -0.3 is 5.73 Å². The summed E-state index contributed by atoms with van der Waals surface area (Å²) >= 11 is 0. The normalized spacial score (nSPS) is 10.7. The van der Waals surface area contributed by atoms with E-state index < -0.39 is 0 Å². The topological polar surface area (TPSA) is 42.1 Å². The molecule has 0 fully saturated rings. The highest BCUT2D eigenvalue weighted by atomic mass is 15.1. The standard InChI is InChI=1S/C13H21N3/c1-3-8-16(9-4-2)11-13-7-5-6-12(10-14)15-13/h3,5-7H,1,4,8-11,14H2,2H3. The van der Waals surface area contributed by atoms with Gasteiger partial charge in [-0.25, -0.2) is 0 Å². The van der Waals surface area contributed by atoms with E-state index in [4.69, 9.17) is 5.73 Å². The SMILES string of the molecule is C=CCN(CCC)Cc1cccc(CN)n1. The van der Waals surface area contributed by atoms with Gasteiger partial charge in [-0.05, 0) is 25.1 Å². The Hall–Kier alpha value is -1.19. The van der Waals surface area contributed by atoms with Crippen LogP contribution in [0.15, 0.2) is 30.9 Å². The predicted octanol–water partition coefficient (Wildman–Crippen LogP) is 1.94. The van der Waals surface area contributed by atoms with Gasteiger partial charge in [0, 0.05) is 19.6 Å². The number of pyridine rings is 1. The second-order valence-corrected chi connectivity index (χ2v) is 3.85. The zero-order valence-electron chi connectivity index (χ0n) is 10.0. The van der Waals surface area contributed by atoms with Crippen molar-refractivity contribution in [3.8, 4) is 0 Å². The Morgan fingerprint density at radius 1 is 1.44 bits per heavy atom. The highest BCUT2D eigenvalue weighted by Crippen LogP contribution is 2.04. The van der Waals surface area contributed by atoms with Crippen molar-refractivity contribution in [2.45, 2.75) is 26.4 Å². The van der Waals surface area contributed by atoms with Crippen LogP contribution in [0.4, 0.5) is 0 Å². The molecule has 0 bridgehead atoms. The number of hydrogen-bond acceptors (Lipinski definition) is 3. The molecule has 0 aliphatic heterocycles. The maximum Gasteiger partial charge on any atom is 0.0547 e. The minimum absolute atomic E-state index is 0.503. The molecule has 3 nitrogen and oxygen atoms in total. The minimum Gasteiger partial charge on any atom is -0.325 e. The molecule has 0 radical (unpaired) electrons. The first kappa shape index (κ1) is 12.9. The molecule has 0 unspecified atom stereocenters. The van der Waals surface area contributed by atoms with Crippen LogP contribution in [0, 0.1) is 0 Å². The summed E-state index contributed by atoms with van der Waals surface area (Å²) in [7, 11) is 0. The van der Waals surface area contributed by atoms with E-state index in [2.05, 4.69) is 23.4 Å². The number of rotatable bonds is 7. The number of aromatic nitrogens is 1. The smallest absolute Gasteiger partial charge is 0.0547 e. The lowest BCUT2D eigenvalue weighted by Crippen LogP contribution is -2.24. The van der Waals surface area contributed by atoms with Crippen LogP contribution in [-0.4, -0.2) is 23.0 Å². The summed E-state index contributed by atoms with van der Waals surface area (Å²) in [6, 6.07) is 6.02. The molecular weight excluding hydrogens is 198 g/mol. The number of nitrogens with zero attached hydrogens (tertiary/aromatic N) is 2. The Bertz CT molecular complexity index is 323. The van der Waals surface area contributed by atoms with Crippen molar-refractivity contribution in [1.82, 2.24) is 9.88 Å². The Morgan fingerprint density at radius 3 is 2.81 bits per heavy atom. The lowest BCUT2D eigenvalue weighted by atomic mass is 10.2. The van der Waals surface area contributed by atoms with E-state index in [1.807, 2.05) is 24.3 Å². The fraction of sp³-hybridized carbons (Fsp3) is 0.462. The maximum atomic E-state index is 5.57. The van der Waals surface area contributed by atoms with E-state index in [1.54, 1.807) is 0 Å². The highest BCUT2D eigenvalue weighted by molar-refractivity contribution is 5.11.